The first kappa shape index (κ1) is 28.6. The molecule has 2 amide bonds. The minimum atomic E-state index is -4.12. The van der Waals surface area contributed by atoms with Gasteiger partial charge in [0.25, 0.3) is 10.0 Å². The van der Waals surface area contributed by atoms with Gasteiger partial charge in [-0.1, -0.05) is 42.6 Å². The summed E-state index contributed by atoms with van der Waals surface area (Å²) in [5.41, 5.74) is 4.65. The van der Waals surface area contributed by atoms with E-state index in [4.69, 9.17) is 11.6 Å². The number of nitrogens with zero attached hydrogens (tertiary/aromatic N) is 1. The largest absolute Gasteiger partial charge is 0.349 e. The second-order valence-electron chi connectivity index (χ2n) is 11.2. The zero-order valence-electron chi connectivity index (χ0n) is 23.0. The molecule has 0 unspecified atom stereocenters. The van der Waals surface area contributed by atoms with Crippen LogP contribution in [0.2, 0.25) is 5.02 Å². The Hall–Kier alpha value is -2.88. The quantitative estimate of drug-likeness (QED) is 0.422. The predicted octanol–water partition coefficient (Wildman–Crippen LogP) is 4.53. The van der Waals surface area contributed by atoms with Gasteiger partial charge < -0.3 is 16.0 Å². The number of halogens is 1. The van der Waals surface area contributed by atoms with E-state index in [1.165, 1.54) is 55.3 Å². The van der Waals surface area contributed by atoms with Gasteiger partial charge in [0.15, 0.2) is 0 Å². The van der Waals surface area contributed by atoms with E-state index in [9.17, 15) is 18.0 Å². The SMILES string of the molecule is Cc1cc(S(=O)(=O)N2C=CNC(=O)[C@H]2CC(=O)N[C@@H]2CCCc3cc(CNC4CCCC4)ccc32)c(C)cc1Cl. The number of hydrogen-bond donors (Lipinski definition) is 3. The number of fused-ring (bicyclic) bond motifs is 1. The fourth-order valence-corrected chi connectivity index (χ4v) is 8.00. The Morgan fingerprint density at radius 1 is 1.07 bits per heavy atom. The molecule has 0 spiro atoms. The lowest BCUT2D eigenvalue weighted by Crippen LogP contribution is -2.51. The van der Waals surface area contributed by atoms with Gasteiger partial charge in [0.1, 0.15) is 6.04 Å². The average molecular weight is 585 g/mol. The molecule has 3 aliphatic rings. The van der Waals surface area contributed by atoms with Crippen LogP contribution in [0.15, 0.2) is 47.6 Å². The van der Waals surface area contributed by atoms with Gasteiger partial charge in [-0.2, -0.15) is 0 Å². The molecule has 0 bridgehead atoms. The molecule has 0 aromatic heterocycles. The van der Waals surface area contributed by atoms with Gasteiger partial charge in [0, 0.05) is 30.0 Å². The van der Waals surface area contributed by atoms with E-state index in [2.05, 4.69) is 34.1 Å². The summed E-state index contributed by atoms with van der Waals surface area (Å²) in [6.07, 6.45) is 10.1. The van der Waals surface area contributed by atoms with Gasteiger partial charge in [-0.05, 0) is 85.9 Å². The summed E-state index contributed by atoms with van der Waals surface area (Å²) in [5, 5.41) is 9.76. The zero-order valence-corrected chi connectivity index (χ0v) is 24.6. The molecule has 1 saturated carbocycles. The van der Waals surface area contributed by atoms with E-state index in [1.54, 1.807) is 19.9 Å². The topological polar surface area (TPSA) is 108 Å². The smallest absolute Gasteiger partial charge is 0.264 e. The molecule has 2 aromatic rings. The van der Waals surface area contributed by atoms with Crippen molar-refractivity contribution in [2.45, 2.75) is 94.8 Å². The Morgan fingerprint density at radius 2 is 1.85 bits per heavy atom. The van der Waals surface area contributed by atoms with Crippen LogP contribution in [0.3, 0.4) is 0 Å². The highest BCUT2D eigenvalue weighted by Gasteiger charge is 2.38. The summed E-state index contributed by atoms with van der Waals surface area (Å²) in [7, 11) is -4.12. The second-order valence-corrected chi connectivity index (χ2v) is 13.4. The lowest BCUT2D eigenvalue weighted by molar-refractivity contribution is -0.129. The molecule has 10 heteroatoms. The fraction of sp³-hybridized carbons (Fsp3) is 0.467. The van der Waals surface area contributed by atoms with Crippen molar-refractivity contribution in [1.82, 2.24) is 20.3 Å². The molecule has 2 atom stereocenters. The van der Waals surface area contributed by atoms with E-state index < -0.39 is 22.0 Å². The minimum Gasteiger partial charge on any atom is -0.349 e. The molecule has 2 aliphatic carbocycles. The van der Waals surface area contributed by atoms with Gasteiger partial charge in [0.05, 0.1) is 17.4 Å². The van der Waals surface area contributed by atoms with Gasteiger partial charge in [0.2, 0.25) is 11.8 Å². The van der Waals surface area contributed by atoms with Crippen LogP contribution in [0.25, 0.3) is 0 Å². The molecule has 0 radical (unpaired) electrons. The minimum absolute atomic E-state index is 0.0543. The number of carbonyl (C=O) groups is 2. The predicted molar refractivity (Wildman–Crippen MR) is 155 cm³/mol. The fourth-order valence-electron chi connectivity index (χ4n) is 6.03. The first-order valence-electron chi connectivity index (χ1n) is 14.1. The lowest BCUT2D eigenvalue weighted by Gasteiger charge is -2.32. The highest BCUT2D eigenvalue weighted by atomic mass is 35.5. The lowest BCUT2D eigenvalue weighted by atomic mass is 9.86. The van der Waals surface area contributed by atoms with E-state index >= 15 is 0 Å². The van der Waals surface area contributed by atoms with Crippen LogP contribution in [-0.2, 0) is 32.6 Å². The van der Waals surface area contributed by atoms with Crippen LogP contribution in [0, 0.1) is 13.8 Å². The van der Waals surface area contributed by atoms with Gasteiger partial charge in [-0.25, -0.2) is 8.42 Å². The van der Waals surface area contributed by atoms with Crippen molar-refractivity contribution in [1.29, 1.82) is 0 Å². The Bertz CT molecular complexity index is 1440. The maximum absolute atomic E-state index is 13.6. The monoisotopic (exact) mass is 584 g/mol. The molecule has 2 aromatic carbocycles. The Kier molecular flexibility index (Phi) is 8.54. The molecule has 5 rings (SSSR count). The van der Waals surface area contributed by atoms with E-state index in [-0.39, 0.29) is 23.3 Å². The maximum atomic E-state index is 13.6. The molecule has 1 aliphatic heterocycles. The summed E-state index contributed by atoms with van der Waals surface area (Å²) in [6.45, 7) is 4.22. The summed E-state index contributed by atoms with van der Waals surface area (Å²) in [6, 6.07) is 8.76. The standard InChI is InChI=1S/C30H37ClN4O4S/c1-19-15-28(20(2)14-25(19)31)40(38,39)35-13-12-32-30(37)27(35)17-29(36)34-26-9-5-6-22-16-21(10-11-24(22)26)18-33-23-7-3-4-8-23/h10-16,23,26-27,33H,3-9,17-18H2,1-2H3,(H,32,37)(H,34,36)/t26-,27-/m1/s1. The van der Waals surface area contributed by atoms with Gasteiger partial charge in [-0.3, -0.25) is 13.9 Å². The number of carbonyl (C=O) groups excluding carboxylic acids is 2. The van der Waals surface area contributed by atoms with Crippen molar-refractivity contribution in [2.24, 2.45) is 0 Å². The number of sulfonamides is 1. The van der Waals surface area contributed by atoms with Crippen LogP contribution in [0.5, 0.6) is 0 Å². The van der Waals surface area contributed by atoms with Crippen molar-refractivity contribution in [3.8, 4) is 0 Å². The molecular formula is C30H37ClN4O4S. The van der Waals surface area contributed by atoms with E-state index in [1.807, 2.05) is 0 Å². The Morgan fingerprint density at radius 3 is 2.62 bits per heavy atom. The normalized spacial score (nSPS) is 21.3. The zero-order chi connectivity index (χ0) is 28.4. The first-order valence-corrected chi connectivity index (χ1v) is 15.9. The van der Waals surface area contributed by atoms with Crippen LogP contribution in [0.4, 0.5) is 0 Å². The van der Waals surface area contributed by atoms with Crippen molar-refractivity contribution in [2.75, 3.05) is 0 Å². The molecule has 40 heavy (non-hydrogen) atoms. The number of hydrogen-bond acceptors (Lipinski definition) is 5. The highest BCUT2D eigenvalue weighted by Crippen LogP contribution is 2.32. The van der Waals surface area contributed by atoms with Crippen LogP contribution < -0.4 is 16.0 Å². The average Bonchev–Trinajstić information content (AvgIpc) is 3.44. The number of amides is 2. The second kappa shape index (κ2) is 11.9. The third-order valence-electron chi connectivity index (χ3n) is 8.25. The van der Waals surface area contributed by atoms with Crippen molar-refractivity contribution >= 4 is 33.4 Å². The van der Waals surface area contributed by atoms with Crippen molar-refractivity contribution < 1.29 is 18.0 Å². The Labute approximate surface area is 241 Å². The summed E-state index contributed by atoms with van der Waals surface area (Å²) in [5.74, 6) is -0.919. The molecular weight excluding hydrogens is 548 g/mol. The molecule has 214 valence electrons. The summed E-state index contributed by atoms with van der Waals surface area (Å²) in [4.78, 5) is 26.1. The molecule has 8 nitrogen and oxygen atoms in total. The van der Waals surface area contributed by atoms with Crippen molar-refractivity contribution in [3.63, 3.8) is 0 Å². The van der Waals surface area contributed by atoms with Gasteiger partial charge >= 0.3 is 0 Å². The highest BCUT2D eigenvalue weighted by molar-refractivity contribution is 7.89. The number of aryl methyl sites for hydroxylation is 3. The third kappa shape index (κ3) is 6.06. The van der Waals surface area contributed by atoms with Crippen molar-refractivity contribution in [3.05, 3.63) is 75.6 Å². The maximum Gasteiger partial charge on any atom is 0.264 e. The number of benzene rings is 2. The molecule has 1 heterocycles. The summed E-state index contributed by atoms with van der Waals surface area (Å²) < 4.78 is 28.3. The molecule has 1 fully saturated rings. The third-order valence-corrected chi connectivity index (χ3v) is 10.6. The van der Waals surface area contributed by atoms with Gasteiger partial charge in [-0.15, -0.1) is 0 Å². The van der Waals surface area contributed by atoms with E-state index in [0.717, 1.165) is 35.7 Å². The van der Waals surface area contributed by atoms with Crippen LogP contribution in [0.1, 0.15) is 78.8 Å². The first-order chi connectivity index (χ1) is 19.1. The van der Waals surface area contributed by atoms with Crippen LogP contribution >= 0.6 is 11.6 Å². The Balaban J connectivity index is 1.29. The number of rotatable bonds is 8. The van der Waals surface area contributed by atoms with Crippen LogP contribution in [-0.4, -0.2) is 36.6 Å². The number of nitrogens with one attached hydrogen (secondary N) is 3. The molecule has 0 saturated heterocycles. The molecule has 3 N–H and O–H groups in total. The van der Waals surface area contributed by atoms with E-state index in [0.29, 0.717) is 22.2 Å². The summed E-state index contributed by atoms with van der Waals surface area (Å²) >= 11 is 6.18.